The highest BCUT2D eigenvalue weighted by molar-refractivity contribution is 4.73. The number of rotatable bonds is 4. The predicted octanol–water partition coefficient (Wildman–Crippen LogP) is 3.83. The predicted molar refractivity (Wildman–Crippen MR) is 49.9 cm³/mol. The van der Waals surface area contributed by atoms with Crippen LogP contribution < -0.4 is 0 Å². The van der Waals surface area contributed by atoms with Crippen LogP contribution in [0.3, 0.4) is 0 Å². The van der Waals surface area contributed by atoms with E-state index in [2.05, 4.69) is 25.5 Å². The Bertz CT molecular complexity index is 147. The summed E-state index contributed by atoms with van der Waals surface area (Å²) in [7, 11) is 0. The first-order valence-corrected chi connectivity index (χ1v) is 4.58. The molecule has 0 saturated carbocycles. The number of ether oxygens (including phenoxy) is 1. The molecule has 0 aliphatic rings. The SMILES string of the molecule is CC(C)(C)CCC(C)(C)OC(F)F. The zero-order chi connectivity index (χ0) is 10.7. The Balaban J connectivity index is 3.89. The van der Waals surface area contributed by atoms with Gasteiger partial charge in [-0.25, -0.2) is 0 Å². The van der Waals surface area contributed by atoms with Crippen LogP contribution in [-0.2, 0) is 4.74 Å². The zero-order valence-corrected chi connectivity index (χ0v) is 9.16. The molecule has 0 aromatic rings. The van der Waals surface area contributed by atoms with E-state index < -0.39 is 12.2 Å². The lowest BCUT2D eigenvalue weighted by Crippen LogP contribution is -2.28. The van der Waals surface area contributed by atoms with Crippen molar-refractivity contribution in [1.29, 1.82) is 0 Å². The number of alkyl halides is 2. The molecule has 0 rings (SSSR count). The van der Waals surface area contributed by atoms with E-state index in [9.17, 15) is 8.78 Å². The largest absolute Gasteiger partial charge is 0.345 e. The Morgan fingerprint density at radius 2 is 1.46 bits per heavy atom. The van der Waals surface area contributed by atoms with Gasteiger partial charge in [0, 0.05) is 0 Å². The van der Waals surface area contributed by atoms with Crippen molar-refractivity contribution in [1.82, 2.24) is 0 Å². The third-order valence-electron chi connectivity index (χ3n) is 1.89. The summed E-state index contributed by atoms with van der Waals surface area (Å²) in [6.07, 6.45) is 1.54. The lowest BCUT2D eigenvalue weighted by Gasteiger charge is -2.28. The fourth-order valence-electron chi connectivity index (χ4n) is 0.976. The normalized spacial score (nSPS) is 13.8. The zero-order valence-electron chi connectivity index (χ0n) is 9.16. The first kappa shape index (κ1) is 12.8. The molecule has 0 spiro atoms. The Morgan fingerprint density at radius 3 is 1.77 bits per heavy atom. The first-order chi connectivity index (χ1) is 5.62. The summed E-state index contributed by atoms with van der Waals surface area (Å²) in [5.74, 6) is 0. The Kier molecular flexibility index (Phi) is 4.30. The maximum Gasteiger partial charge on any atom is 0.345 e. The molecule has 0 heterocycles. The molecule has 0 aromatic heterocycles. The molecular formula is C10H20F2O. The highest BCUT2D eigenvalue weighted by Crippen LogP contribution is 2.28. The quantitative estimate of drug-likeness (QED) is 0.660. The minimum Gasteiger partial charge on any atom is -0.317 e. The number of hydrogen-bond acceptors (Lipinski definition) is 1. The van der Waals surface area contributed by atoms with Gasteiger partial charge in [0.2, 0.25) is 0 Å². The Hall–Kier alpha value is -0.180. The molecule has 13 heavy (non-hydrogen) atoms. The summed E-state index contributed by atoms with van der Waals surface area (Å²) in [4.78, 5) is 0. The number of hydrogen-bond donors (Lipinski definition) is 0. The second-order valence-electron chi connectivity index (χ2n) is 5.20. The van der Waals surface area contributed by atoms with E-state index in [-0.39, 0.29) is 5.41 Å². The fourth-order valence-corrected chi connectivity index (χ4v) is 0.976. The third kappa shape index (κ3) is 8.16. The van der Waals surface area contributed by atoms with Gasteiger partial charge in [0.15, 0.2) is 0 Å². The van der Waals surface area contributed by atoms with Crippen LogP contribution in [0.1, 0.15) is 47.5 Å². The minimum atomic E-state index is -2.67. The third-order valence-corrected chi connectivity index (χ3v) is 1.89. The second kappa shape index (κ2) is 4.36. The van der Waals surface area contributed by atoms with Crippen molar-refractivity contribution >= 4 is 0 Å². The van der Waals surface area contributed by atoms with E-state index in [1.165, 1.54) is 0 Å². The van der Waals surface area contributed by atoms with E-state index in [1.807, 2.05) is 0 Å². The molecule has 3 heteroatoms. The van der Waals surface area contributed by atoms with Gasteiger partial charge in [-0.2, -0.15) is 8.78 Å². The van der Waals surface area contributed by atoms with Crippen LogP contribution in [-0.4, -0.2) is 12.2 Å². The van der Waals surface area contributed by atoms with E-state index in [4.69, 9.17) is 0 Å². The summed E-state index contributed by atoms with van der Waals surface area (Å²) in [6, 6.07) is 0. The molecule has 0 radical (unpaired) electrons. The lowest BCUT2D eigenvalue weighted by atomic mass is 9.86. The van der Waals surface area contributed by atoms with E-state index in [1.54, 1.807) is 13.8 Å². The van der Waals surface area contributed by atoms with Gasteiger partial charge in [-0.15, -0.1) is 0 Å². The first-order valence-electron chi connectivity index (χ1n) is 4.58. The summed E-state index contributed by atoms with van der Waals surface area (Å²) < 4.78 is 28.4. The van der Waals surface area contributed by atoms with Crippen LogP contribution in [0.2, 0.25) is 0 Å². The monoisotopic (exact) mass is 194 g/mol. The molecule has 0 amide bonds. The highest BCUT2D eigenvalue weighted by atomic mass is 19.3. The Morgan fingerprint density at radius 1 is 1.00 bits per heavy atom. The molecule has 0 unspecified atom stereocenters. The van der Waals surface area contributed by atoms with Gasteiger partial charge in [-0.1, -0.05) is 20.8 Å². The van der Waals surface area contributed by atoms with Gasteiger partial charge >= 0.3 is 6.61 Å². The molecule has 0 atom stereocenters. The van der Waals surface area contributed by atoms with Crippen LogP contribution in [0, 0.1) is 5.41 Å². The van der Waals surface area contributed by atoms with Crippen molar-refractivity contribution in [3.63, 3.8) is 0 Å². The van der Waals surface area contributed by atoms with Crippen molar-refractivity contribution < 1.29 is 13.5 Å². The molecule has 80 valence electrons. The van der Waals surface area contributed by atoms with Crippen molar-refractivity contribution in [2.75, 3.05) is 0 Å². The Labute approximate surface area is 79.5 Å². The fraction of sp³-hybridized carbons (Fsp3) is 1.00. The van der Waals surface area contributed by atoms with Crippen LogP contribution >= 0.6 is 0 Å². The van der Waals surface area contributed by atoms with Gasteiger partial charge in [0.25, 0.3) is 0 Å². The van der Waals surface area contributed by atoms with Gasteiger partial charge in [-0.3, -0.25) is 0 Å². The maximum absolute atomic E-state index is 11.9. The molecule has 0 aromatic carbocycles. The van der Waals surface area contributed by atoms with E-state index >= 15 is 0 Å². The molecule has 0 aliphatic heterocycles. The molecule has 0 saturated heterocycles. The van der Waals surface area contributed by atoms with E-state index in [0.717, 1.165) is 6.42 Å². The van der Waals surface area contributed by atoms with Crippen molar-refractivity contribution in [3.8, 4) is 0 Å². The summed E-state index contributed by atoms with van der Waals surface area (Å²) in [5, 5.41) is 0. The summed E-state index contributed by atoms with van der Waals surface area (Å²) >= 11 is 0. The minimum absolute atomic E-state index is 0.169. The van der Waals surface area contributed by atoms with Crippen molar-refractivity contribution in [2.24, 2.45) is 5.41 Å². The van der Waals surface area contributed by atoms with Crippen LogP contribution in [0.5, 0.6) is 0 Å². The van der Waals surface area contributed by atoms with Crippen LogP contribution in [0.25, 0.3) is 0 Å². The molecule has 0 N–H and O–H groups in total. The van der Waals surface area contributed by atoms with Crippen molar-refractivity contribution in [3.05, 3.63) is 0 Å². The number of halogens is 2. The topological polar surface area (TPSA) is 9.23 Å². The average molecular weight is 194 g/mol. The van der Waals surface area contributed by atoms with Crippen LogP contribution in [0.4, 0.5) is 8.78 Å². The molecule has 0 aliphatic carbocycles. The maximum atomic E-state index is 11.9. The smallest absolute Gasteiger partial charge is 0.317 e. The summed E-state index contributed by atoms with van der Waals surface area (Å²) in [5.41, 5.74) is -0.551. The lowest BCUT2D eigenvalue weighted by molar-refractivity contribution is -0.200. The van der Waals surface area contributed by atoms with Crippen LogP contribution in [0.15, 0.2) is 0 Å². The van der Waals surface area contributed by atoms with Crippen molar-refractivity contribution in [2.45, 2.75) is 59.7 Å². The molecule has 1 nitrogen and oxygen atoms in total. The summed E-state index contributed by atoms with van der Waals surface area (Å²) in [6.45, 7) is 6.99. The van der Waals surface area contributed by atoms with Gasteiger partial charge in [0.1, 0.15) is 0 Å². The van der Waals surface area contributed by atoms with E-state index in [0.29, 0.717) is 6.42 Å². The second-order valence-corrected chi connectivity index (χ2v) is 5.20. The average Bonchev–Trinajstić information content (AvgIpc) is 1.79. The van der Waals surface area contributed by atoms with Gasteiger partial charge in [0.05, 0.1) is 5.60 Å². The molecular weight excluding hydrogens is 174 g/mol. The highest BCUT2D eigenvalue weighted by Gasteiger charge is 2.25. The van der Waals surface area contributed by atoms with Gasteiger partial charge in [-0.05, 0) is 32.1 Å². The molecule has 0 fully saturated rings. The van der Waals surface area contributed by atoms with Gasteiger partial charge < -0.3 is 4.74 Å². The molecule has 0 bridgehead atoms. The standard InChI is InChI=1S/C10H20F2O/c1-9(2,3)6-7-10(4,5)13-8(11)12/h8H,6-7H2,1-5H3.